The summed E-state index contributed by atoms with van der Waals surface area (Å²) < 4.78 is 36.6. The Morgan fingerprint density at radius 2 is 2.05 bits per heavy atom. The SMILES string of the molecule is Cc1cccc(N(CCCN)C(=O)CCC(F)(F)F)c1. The van der Waals surface area contributed by atoms with Crippen LogP contribution < -0.4 is 10.6 Å². The van der Waals surface area contributed by atoms with E-state index < -0.39 is 24.9 Å². The molecule has 0 unspecified atom stereocenters. The maximum Gasteiger partial charge on any atom is 0.389 e. The standard InChI is InChI=1S/C14H19F3N2O/c1-11-4-2-5-12(10-11)19(9-3-8-18)13(20)6-7-14(15,16)17/h2,4-5,10H,3,6-9,18H2,1H3. The third kappa shape index (κ3) is 5.61. The van der Waals surface area contributed by atoms with Gasteiger partial charge in [0.2, 0.25) is 5.91 Å². The molecule has 0 atom stereocenters. The van der Waals surface area contributed by atoms with Crippen molar-refractivity contribution in [2.75, 3.05) is 18.0 Å². The van der Waals surface area contributed by atoms with E-state index in [2.05, 4.69) is 0 Å². The summed E-state index contributed by atoms with van der Waals surface area (Å²) in [5.74, 6) is -0.527. The fourth-order valence-corrected chi connectivity index (χ4v) is 1.83. The Kier molecular flexibility index (Phi) is 6.01. The van der Waals surface area contributed by atoms with E-state index in [9.17, 15) is 18.0 Å². The second kappa shape index (κ2) is 7.28. The van der Waals surface area contributed by atoms with Crippen LogP contribution in [0.1, 0.15) is 24.8 Å². The molecule has 112 valence electrons. The zero-order chi connectivity index (χ0) is 15.2. The first-order valence-corrected chi connectivity index (χ1v) is 6.47. The highest BCUT2D eigenvalue weighted by molar-refractivity contribution is 5.93. The Balaban J connectivity index is 2.80. The van der Waals surface area contributed by atoms with Crippen molar-refractivity contribution in [3.05, 3.63) is 29.8 Å². The Bertz CT molecular complexity index is 446. The average molecular weight is 288 g/mol. The summed E-state index contributed by atoms with van der Waals surface area (Å²) in [6, 6.07) is 7.14. The number of nitrogens with zero attached hydrogens (tertiary/aromatic N) is 1. The van der Waals surface area contributed by atoms with E-state index in [1.165, 1.54) is 4.90 Å². The number of aryl methyl sites for hydroxylation is 1. The Morgan fingerprint density at radius 3 is 2.60 bits per heavy atom. The minimum Gasteiger partial charge on any atom is -0.330 e. The molecule has 0 aromatic heterocycles. The number of hydrogen-bond acceptors (Lipinski definition) is 2. The first-order valence-electron chi connectivity index (χ1n) is 6.47. The van der Waals surface area contributed by atoms with Crippen LogP contribution in [0, 0.1) is 6.92 Å². The molecule has 20 heavy (non-hydrogen) atoms. The number of benzene rings is 1. The number of carbonyl (C=O) groups excluding carboxylic acids is 1. The topological polar surface area (TPSA) is 46.3 Å². The normalized spacial score (nSPS) is 11.4. The van der Waals surface area contributed by atoms with Crippen LogP contribution in [-0.2, 0) is 4.79 Å². The first kappa shape index (κ1) is 16.5. The Morgan fingerprint density at radius 1 is 1.35 bits per heavy atom. The molecule has 0 aliphatic carbocycles. The van der Waals surface area contributed by atoms with Crippen molar-refractivity contribution in [2.45, 2.75) is 32.4 Å². The molecule has 0 heterocycles. The quantitative estimate of drug-likeness (QED) is 0.874. The van der Waals surface area contributed by atoms with Gasteiger partial charge < -0.3 is 10.6 Å². The summed E-state index contributed by atoms with van der Waals surface area (Å²) in [5, 5.41) is 0. The molecule has 0 aliphatic heterocycles. The molecule has 0 spiro atoms. The predicted molar refractivity (Wildman–Crippen MR) is 72.5 cm³/mol. The van der Waals surface area contributed by atoms with Crippen molar-refractivity contribution in [1.82, 2.24) is 0 Å². The average Bonchev–Trinajstić information content (AvgIpc) is 2.36. The van der Waals surface area contributed by atoms with Gasteiger partial charge in [0, 0.05) is 18.7 Å². The van der Waals surface area contributed by atoms with Gasteiger partial charge in [0.15, 0.2) is 0 Å². The van der Waals surface area contributed by atoms with Crippen LogP contribution in [0.25, 0.3) is 0 Å². The Labute approximate surface area is 116 Å². The summed E-state index contributed by atoms with van der Waals surface area (Å²) in [4.78, 5) is 13.4. The van der Waals surface area contributed by atoms with Gasteiger partial charge in [0.05, 0.1) is 6.42 Å². The van der Waals surface area contributed by atoms with Crippen molar-refractivity contribution >= 4 is 11.6 Å². The number of hydrogen-bond donors (Lipinski definition) is 1. The van der Waals surface area contributed by atoms with Gasteiger partial charge in [-0.3, -0.25) is 4.79 Å². The number of halogens is 3. The minimum atomic E-state index is -4.32. The smallest absolute Gasteiger partial charge is 0.330 e. The lowest BCUT2D eigenvalue weighted by Crippen LogP contribution is -2.33. The van der Waals surface area contributed by atoms with Crippen molar-refractivity contribution in [1.29, 1.82) is 0 Å². The van der Waals surface area contributed by atoms with E-state index in [4.69, 9.17) is 5.73 Å². The predicted octanol–water partition coefficient (Wildman–Crippen LogP) is 3.02. The van der Waals surface area contributed by atoms with Crippen molar-refractivity contribution in [3.63, 3.8) is 0 Å². The molecule has 1 rings (SSSR count). The number of amides is 1. The van der Waals surface area contributed by atoms with Crippen LogP contribution in [0.4, 0.5) is 18.9 Å². The summed E-state index contributed by atoms with van der Waals surface area (Å²) >= 11 is 0. The molecule has 1 amide bonds. The van der Waals surface area contributed by atoms with Gasteiger partial charge in [-0.1, -0.05) is 12.1 Å². The lowest BCUT2D eigenvalue weighted by Gasteiger charge is -2.23. The molecule has 3 nitrogen and oxygen atoms in total. The van der Waals surface area contributed by atoms with Crippen LogP contribution in [0.5, 0.6) is 0 Å². The largest absolute Gasteiger partial charge is 0.389 e. The number of anilines is 1. The molecule has 0 bridgehead atoms. The summed E-state index contributed by atoms with van der Waals surface area (Å²) in [5.41, 5.74) is 6.97. The minimum absolute atomic E-state index is 0.330. The van der Waals surface area contributed by atoms with Crippen molar-refractivity contribution < 1.29 is 18.0 Å². The van der Waals surface area contributed by atoms with Gasteiger partial charge in [0.1, 0.15) is 0 Å². The highest BCUT2D eigenvalue weighted by Crippen LogP contribution is 2.24. The lowest BCUT2D eigenvalue weighted by atomic mass is 10.1. The molecule has 0 saturated carbocycles. The van der Waals surface area contributed by atoms with Gasteiger partial charge in [-0.15, -0.1) is 0 Å². The van der Waals surface area contributed by atoms with E-state index in [1.807, 2.05) is 13.0 Å². The molecular weight excluding hydrogens is 269 g/mol. The van der Waals surface area contributed by atoms with Crippen LogP contribution in [0.15, 0.2) is 24.3 Å². The van der Waals surface area contributed by atoms with Crippen LogP contribution in [-0.4, -0.2) is 25.2 Å². The second-order valence-corrected chi connectivity index (χ2v) is 4.64. The zero-order valence-electron chi connectivity index (χ0n) is 11.4. The van der Waals surface area contributed by atoms with Crippen molar-refractivity contribution in [2.24, 2.45) is 5.73 Å². The number of nitrogens with two attached hydrogens (primary N) is 1. The van der Waals surface area contributed by atoms with E-state index in [-0.39, 0.29) is 0 Å². The van der Waals surface area contributed by atoms with E-state index in [1.54, 1.807) is 18.2 Å². The highest BCUT2D eigenvalue weighted by atomic mass is 19.4. The van der Waals surface area contributed by atoms with E-state index in [0.29, 0.717) is 25.2 Å². The molecular formula is C14H19F3N2O. The summed E-state index contributed by atoms with van der Waals surface area (Å²) in [6.45, 7) is 2.58. The van der Waals surface area contributed by atoms with Gasteiger partial charge >= 0.3 is 6.18 Å². The van der Waals surface area contributed by atoms with Gasteiger partial charge in [-0.25, -0.2) is 0 Å². The van der Waals surface area contributed by atoms with Gasteiger partial charge in [-0.2, -0.15) is 13.2 Å². The van der Waals surface area contributed by atoms with Crippen LogP contribution >= 0.6 is 0 Å². The van der Waals surface area contributed by atoms with Crippen molar-refractivity contribution in [3.8, 4) is 0 Å². The van der Waals surface area contributed by atoms with E-state index in [0.717, 1.165) is 5.56 Å². The van der Waals surface area contributed by atoms with Gasteiger partial charge in [-0.05, 0) is 37.6 Å². The number of rotatable bonds is 6. The highest BCUT2D eigenvalue weighted by Gasteiger charge is 2.29. The Hall–Kier alpha value is -1.56. The summed E-state index contributed by atoms with van der Waals surface area (Å²) in [7, 11) is 0. The van der Waals surface area contributed by atoms with Crippen LogP contribution in [0.3, 0.4) is 0 Å². The summed E-state index contributed by atoms with van der Waals surface area (Å²) in [6.07, 6.45) is -5.41. The third-order valence-corrected chi connectivity index (χ3v) is 2.82. The lowest BCUT2D eigenvalue weighted by molar-refractivity contribution is -0.143. The van der Waals surface area contributed by atoms with E-state index >= 15 is 0 Å². The fraction of sp³-hybridized carbons (Fsp3) is 0.500. The maximum atomic E-state index is 12.2. The molecule has 2 N–H and O–H groups in total. The maximum absolute atomic E-state index is 12.2. The first-order chi connectivity index (χ1) is 9.33. The molecule has 0 fully saturated rings. The molecule has 0 aliphatic rings. The molecule has 1 aromatic rings. The molecule has 6 heteroatoms. The van der Waals surface area contributed by atoms with Crippen LogP contribution in [0.2, 0.25) is 0 Å². The second-order valence-electron chi connectivity index (χ2n) is 4.64. The molecule has 0 saturated heterocycles. The number of carbonyl (C=O) groups is 1. The zero-order valence-corrected chi connectivity index (χ0v) is 11.4. The third-order valence-electron chi connectivity index (χ3n) is 2.82. The van der Waals surface area contributed by atoms with Gasteiger partial charge in [0.25, 0.3) is 0 Å². The fourth-order valence-electron chi connectivity index (χ4n) is 1.83. The molecule has 1 aromatic carbocycles. The number of alkyl halides is 3. The monoisotopic (exact) mass is 288 g/mol. The molecule has 0 radical (unpaired) electrons.